The molecule has 0 N–H and O–H groups in total. The van der Waals surface area contributed by atoms with Crippen LogP contribution in [0.4, 0.5) is 4.39 Å². The molecule has 84 valence electrons. The van der Waals surface area contributed by atoms with Gasteiger partial charge in [0.15, 0.2) is 0 Å². The van der Waals surface area contributed by atoms with Crippen molar-refractivity contribution in [3.05, 3.63) is 46.5 Å². The van der Waals surface area contributed by atoms with Crippen molar-refractivity contribution in [2.75, 3.05) is 0 Å². The summed E-state index contributed by atoms with van der Waals surface area (Å²) in [6, 6.07) is 6.83. The molecule has 0 aliphatic carbocycles. The lowest BCUT2D eigenvalue weighted by molar-refractivity contribution is 0.630. The number of allylic oxidation sites excluding steroid dienone is 1. The molecule has 2 aromatic rings. The maximum absolute atomic E-state index is 13.7. The summed E-state index contributed by atoms with van der Waals surface area (Å²) in [5.74, 6) is -0.301. The summed E-state index contributed by atoms with van der Waals surface area (Å²) in [4.78, 5) is 4.23. The molecule has 4 heteroatoms. The number of aromatic nitrogens is 1. The van der Waals surface area contributed by atoms with Crippen molar-refractivity contribution in [1.29, 1.82) is 5.26 Å². The Morgan fingerprint density at radius 1 is 1.53 bits per heavy atom. The summed E-state index contributed by atoms with van der Waals surface area (Å²) in [7, 11) is 0. The van der Waals surface area contributed by atoms with Gasteiger partial charge in [-0.1, -0.05) is 18.7 Å². The largest absolute Gasteiger partial charge is 0.235 e. The van der Waals surface area contributed by atoms with E-state index in [2.05, 4.69) is 11.6 Å². The number of nitrogens with zero attached hydrogens (tertiary/aromatic N) is 2. The quantitative estimate of drug-likeness (QED) is 0.753. The SMILES string of the molecule is C=C(C#N)c1nc(-c2c(C)cccc2F)cs1. The third-order valence-electron chi connectivity index (χ3n) is 2.38. The summed E-state index contributed by atoms with van der Waals surface area (Å²) >= 11 is 1.29. The average molecular weight is 244 g/mol. The fraction of sp³-hybridized carbons (Fsp3) is 0.0769. The van der Waals surface area contributed by atoms with E-state index in [4.69, 9.17) is 5.26 Å². The van der Waals surface area contributed by atoms with Gasteiger partial charge in [-0.3, -0.25) is 0 Å². The van der Waals surface area contributed by atoms with Crippen molar-refractivity contribution in [1.82, 2.24) is 4.98 Å². The number of halogens is 1. The molecule has 0 aliphatic heterocycles. The fourth-order valence-electron chi connectivity index (χ4n) is 1.53. The fourth-order valence-corrected chi connectivity index (χ4v) is 2.26. The van der Waals surface area contributed by atoms with Gasteiger partial charge < -0.3 is 0 Å². The third kappa shape index (κ3) is 2.10. The highest BCUT2D eigenvalue weighted by Gasteiger charge is 2.12. The predicted molar refractivity (Wildman–Crippen MR) is 66.9 cm³/mol. The van der Waals surface area contributed by atoms with Crippen LogP contribution in [0.5, 0.6) is 0 Å². The predicted octanol–water partition coefficient (Wildman–Crippen LogP) is 3.79. The van der Waals surface area contributed by atoms with Gasteiger partial charge in [-0.15, -0.1) is 11.3 Å². The van der Waals surface area contributed by atoms with E-state index in [1.165, 1.54) is 17.4 Å². The van der Waals surface area contributed by atoms with Gasteiger partial charge in [-0.2, -0.15) is 5.26 Å². The van der Waals surface area contributed by atoms with Crippen molar-refractivity contribution < 1.29 is 4.39 Å². The number of nitriles is 1. The molecule has 2 rings (SSSR count). The van der Waals surface area contributed by atoms with Crippen LogP contribution in [-0.2, 0) is 0 Å². The Labute approximate surface area is 103 Å². The van der Waals surface area contributed by atoms with Crippen LogP contribution in [0.25, 0.3) is 16.8 Å². The Hall–Kier alpha value is -1.99. The first-order chi connectivity index (χ1) is 8.13. The summed E-state index contributed by atoms with van der Waals surface area (Å²) in [6.07, 6.45) is 0. The molecule has 1 heterocycles. The number of rotatable bonds is 2. The average Bonchev–Trinajstić information content (AvgIpc) is 2.77. The van der Waals surface area contributed by atoms with E-state index in [0.29, 0.717) is 21.8 Å². The third-order valence-corrected chi connectivity index (χ3v) is 3.28. The molecule has 0 fully saturated rings. The van der Waals surface area contributed by atoms with E-state index >= 15 is 0 Å². The Balaban J connectivity index is 2.52. The van der Waals surface area contributed by atoms with Gasteiger partial charge in [-0.25, -0.2) is 9.37 Å². The Bertz CT molecular complexity index is 602. The minimum Gasteiger partial charge on any atom is -0.235 e. The Morgan fingerprint density at radius 3 is 2.94 bits per heavy atom. The zero-order valence-corrected chi connectivity index (χ0v) is 10.0. The lowest BCUT2D eigenvalue weighted by Gasteiger charge is -2.03. The molecule has 17 heavy (non-hydrogen) atoms. The van der Waals surface area contributed by atoms with Crippen molar-refractivity contribution in [3.63, 3.8) is 0 Å². The molecule has 0 amide bonds. The zero-order chi connectivity index (χ0) is 12.4. The monoisotopic (exact) mass is 244 g/mol. The molecule has 0 bridgehead atoms. The van der Waals surface area contributed by atoms with E-state index < -0.39 is 0 Å². The van der Waals surface area contributed by atoms with Gasteiger partial charge in [0, 0.05) is 10.9 Å². The number of aryl methyl sites for hydroxylation is 1. The number of benzene rings is 1. The summed E-state index contributed by atoms with van der Waals surface area (Å²) < 4.78 is 13.7. The number of hydrogen-bond acceptors (Lipinski definition) is 3. The summed E-state index contributed by atoms with van der Waals surface area (Å²) in [5, 5.41) is 11.0. The van der Waals surface area contributed by atoms with E-state index in [0.717, 1.165) is 5.56 Å². The highest BCUT2D eigenvalue weighted by atomic mass is 32.1. The minimum atomic E-state index is -0.301. The van der Waals surface area contributed by atoms with Crippen molar-refractivity contribution in [2.24, 2.45) is 0 Å². The van der Waals surface area contributed by atoms with Crippen LogP contribution in [0.3, 0.4) is 0 Å². The van der Waals surface area contributed by atoms with Crippen molar-refractivity contribution >= 4 is 16.9 Å². The molecule has 0 unspecified atom stereocenters. The second-order valence-electron chi connectivity index (χ2n) is 3.56. The van der Waals surface area contributed by atoms with Crippen LogP contribution in [-0.4, -0.2) is 4.98 Å². The normalized spacial score (nSPS) is 9.94. The molecule has 0 spiro atoms. The van der Waals surface area contributed by atoms with E-state index in [1.807, 2.05) is 19.1 Å². The van der Waals surface area contributed by atoms with Crippen LogP contribution in [0.2, 0.25) is 0 Å². The van der Waals surface area contributed by atoms with Crippen LogP contribution >= 0.6 is 11.3 Å². The Kier molecular flexibility index (Phi) is 3.03. The Morgan fingerprint density at radius 2 is 2.29 bits per heavy atom. The van der Waals surface area contributed by atoms with Crippen molar-refractivity contribution in [3.8, 4) is 17.3 Å². The van der Waals surface area contributed by atoms with E-state index in [-0.39, 0.29) is 5.82 Å². The summed E-state index contributed by atoms with van der Waals surface area (Å²) in [5.41, 5.74) is 2.16. The molecule has 0 saturated carbocycles. The minimum absolute atomic E-state index is 0.301. The van der Waals surface area contributed by atoms with Gasteiger partial charge in [0.25, 0.3) is 0 Å². The van der Waals surface area contributed by atoms with Gasteiger partial charge in [0.05, 0.1) is 11.3 Å². The molecule has 0 saturated heterocycles. The van der Waals surface area contributed by atoms with Gasteiger partial charge in [0.2, 0.25) is 0 Å². The molecule has 1 aromatic carbocycles. The number of hydrogen-bond donors (Lipinski definition) is 0. The standard InChI is InChI=1S/C13H9FN2S/c1-8-4-3-5-10(14)12(8)11-7-17-13(16-11)9(2)6-15/h3-5,7H,2H2,1H3. The van der Waals surface area contributed by atoms with Crippen LogP contribution < -0.4 is 0 Å². The second-order valence-corrected chi connectivity index (χ2v) is 4.42. The lowest BCUT2D eigenvalue weighted by Crippen LogP contribution is -1.89. The van der Waals surface area contributed by atoms with Gasteiger partial charge in [-0.05, 0) is 18.6 Å². The number of thiazole rings is 1. The second kappa shape index (κ2) is 4.48. The van der Waals surface area contributed by atoms with E-state index in [9.17, 15) is 4.39 Å². The molecule has 2 nitrogen and oxygen atoms in total. The highest BCUT2D eigenvalue weighted by molar-refractivity contribution is 7.11. The summed E-state index contributed by atoms with van der Waals surface area (Å²) in [6.45, 7) is 5.42. The molecule has 0 atom stereocenters. The molecular weight excluding hydrogens is 235 g/mol. The first kappa shape index (κ1) is 11.5. The topological polar surface area (TPSA) is 36.7 Å². The molecule has 1 aromatic heterocycles. The maximum atomic E-state index is 13.7. The van der Waals surface area contributed by atoms with Gasteiger partial charge >= 0.3 is 0 Å². The van der Waals surface area contributed by atoms with Crippen LogP contribution in [0.15, 0.2) is 30.2 Å². The van der Waals surface area contributed by atoms with Crippen molar-refractivity contribution in [2.45, 2.75) is 6.92 Å². The van der Waals surface area contributed by atoms with Crippen LogP contribution in [0, 0.1) is 24.1 Å². The molecule has 0 radical (unpaired) electrons. The smallest absolute Gasteiger partial charge is 0.134 e. The first-order valence-corrected chi connectivity index (χ1v) is 5.82. The lowest BCUT2D eigenvalue weighted by atomic mass is 10.1. The van der Waals surface area contributed by atoms with Crippen LogP contribution in [0.1, 0.15) is 10.6 Å². The first-order valence-electron chi connectivity index (χ1n) is 4.94. The highest BCUT2D eigenvalue weighted by Crippen LogP contribution is 2.29. The van der Waals surface area contributed by atoms with Gasteiger partial charge in [0.1, 0.15) is 16.9 Å². The molecular formula is C13H9FN2S. The zero-order valence-electron chi connectivity index (χ0n) is 9.20. The molecule has 0 aliphatic rings. The van der Waals surface area contributed by atoms with E-state index in [1.54, 1.807) is 11.4 Å². The maximum Gasteiger partial charge on any atom is 0.134 e.